The van der Waals surface area contributed by atoms with E-state index in [-0.39, 0.29) is 23.4 Å². The van der Waals surface area contributed by atoms with E-state index in [1.807, 2.05) is 51.1 Å². The Hall–Kier alpha value is -3.36. The van der Waals surface area contributed by atoms with Crippen molar-refractivity contribution < 1.29 is 18.0 Å². The largest absolute Gasteiger partial charge is 0.352 e. The van der Waals surface area contributed by atoms with Gasteiger partial charge >= 0.3 is 0 Å². The zero-order chi connectivity index (χ0) is 29.6. The first-order valence-corrected chi connectivity index (χ1v) is 15.9. The first-order chi connectivity index (χ1) is 19.6. The topological polar surface area (TPSA) is 86.8 Å². The van der Waals surface area contributed by atoms with Crippen molar-refractivity contribution in [2.75, 3.05) is 10.8 Å². The number of carbonyl (C=O) groups excluding carboxylic acids is 2. The fourth-order valence-electron chi connectivity index (χ4n) is 5.34. The van der Waals surface area contributed by atoms with E-state index in [0.717, 1.165) is 46.7 Å². The fourth-order valence-corrected chi connectivity index (χ4v) is 6.87. The molecule has 218 valence electrons. The third kappa shape index (κ3) is 7.68. The summed E-state index contributed by atoms with van der Waals surface area (Å²) >= 11 is 6.03. The van der Waals surface area contributed by atoms with Crippen LogP contribution in [0.3, 0.4) is 0 Å². The lowest BCUT2D eigenvalue weighted by Crippen LogP contribution is -2.53. The van der Waals surface area contributed by atoms with Crippen LogP contribution in [0.15, 0.2) is 77.7 Å². The Bertz CT molecular complexity index is 1470. The highest BCUT2D eigenvalue weighted by molar-refractivity contribution is 7.92. The second kappa shape index (κ2) is 13.5. The van der Waals surface area contributed by atoms with E-state index < -0.39 is 28.5 Å². The Morgan fingerprint density at radius 1 is 0.951 bits per heavy atom. The second-order valence-corrected chi connectivity index (χ2v) is 13.0. The van der Waals surface area contributed by atoms with Crippen molar-refractivity contribution in [1.82, 2.24) is 10.2 Å². The summed E-state index contributed by atoms with van der Waals surface area (Å²) in [5, 5.41) is 3.55. The molecule has 0 unspecified atom stereocenters. The van der Waals surface area contributed by atoms with Crippen LogP contribution in [-0.4, -0.2) is 43.8 Å². The average Bonchev–Trinajstić information content (AvgIpc) is 3.44. The highest BCUT2D eigenvalue weighted by Crippen LogP contribution is 2.27. The minimum Gasteiger partial charge on any atom is -0.352 e. The Balaban J connectivity index is 1.71. The first kappa shape index (κ1) is 30.6. The molecule has 0 bridgehead atoms. The number of amides is 2. The monoisotopic (exact) mass is 595 g/mol. The molecule has 2 amide bonds. The molecule has 1 N–H and O–H groups in total. The van der Waals surface area contributed by atoms with Crippen molar-refractivity contribution in [2.45, 2.75) is 76.4 Å². The van der Waals surface area contributed by atoms with Gasteiger partial charge in [-0.15, -0.1) is 0 Å². The third-order valence-corrected chi connectivity index (χ3v) is 9.53. The lowest BCUT2D eigenvalue weighted by Gasteiger charge is -2.34. The number of hydrogen-bond donors (Lipinski definition) is 1. The average molecular weight is 596 g/mol. The highest BCUT2D eigenvalue weighted by Gasteiger charge is 2.34. The molecule has 0 aliphatic heterocycles. The summed E-state index contributed by atoms with van der Waals surface area (Å²) < 4.78 is 29.0. The minimum atomic E-state index is -4.14. The second-order valence-electron chi connectivity index (χ2n) is 10.7. The number of carbonyl (C=O) groups is 2. The minimum absolute atomic E-state index is 0.0208. The molecule has 41 heavy (non-hydrogen) atoms. The summed E-state index contributed by atoms with van der Waals surface area (Å²) in [5.74, 6) is -0.665. The molecule has 9 heteroatoms. The molecule has 0 heterocycles. The molecule has 0 radical (unpaired) electrons. The first-order valence-electron chi connectivity index (χ1n) is 14.1. The van der Waals surface area contributed by atoms with Gasteiger partial charge in [0.1, 0.15) is 12.6 Å². The molecule has 3 aromatic rings. The number of rotatable bonds is 11. The summed E-state index contributed by atoms with van der Waals surface area (Å²) in [7, 11) is -4.14. The summed E-state index contributed by atoms with van der Waals surface area (Å²) in [6.45, 7) is 5.42. The van der Waals surface area contributed by atoms with Gasteiger partial charge in [-0.05, 0) is 80.6 Å². The van der Waals surface area contributed by atoms with Crippen molar-refractivity contribution in [2.24, 2.45) is 0 Å². The maximum Gasteiger partial charge on any atom is 0.264 e. The zero-order valence-electron chi connectivity index (χ0n) is 23.8. The van der Waals surface area contributed by atoms with Crippen LogP contribution in [0.2, 0.25) is 5.02 Å². The Morgan fingerprint density at radius 2 is 1.59 bits per heavy atom. The molecule has 1 aliphatic rings. The van der Waals surface area contributed by atoms with Crippen LogP contribution in [0.25, 0.3) is 0 Å². The highest BCUT2D eigenvalue weighted by atomic mass is 35.5. The van der Waals surface area contributed by atoms with Gasteiger partial charge in [-0.25, -0.2) is 8.42 Å². The number of benzene rings is 3. The Morgan fingerprint density at radius 3 is 2.20 bits per heavy atom. The maximum absolute atomic E-state index is 14.2. The van der Waals surface area contributed by atoms with E-state index in [0.29, 0.717) is 17.1 Å². The smallest absolute Gasteiger partial charge is 0.264 e. The zero-order valence-corrected chi connectivity index (χ0v) is 25.4. The van der Waals surface area contributed by atoms with Crippen LogP contribution in [0.1, 0.15) is 55.7 Å². The van der Waals surface area contributed by atoms with Crippen LogP contribution >= 0.6 is 11.6 Å². The van der Waals surface area contributed by atoms with Gasteiger partial charge < -0.3 is 10.2 Å². The number of nitrogens with one attached hydrogen (secondary N) is 1. The number of aryl methyl sites for hydroxylation is 2. The molecule has 0 aromatic heterocycles. The summed E-state index contributed by atoms with van der Waals surface area (Å²) in [6, 6.07) is 20.0. The summed E-state index contributed by atoms with van der Waals surface area (Å²) in [6.07, 6.45) is 4.39. The quantitative estimate of drug-likeness (QED) is 0.294. The van der Waals surface area contributed by atoms with Crippen LogP contribution in [0.4, 0.5) is 5.69 Å². The number of hydrogen-bond acceptors (Lipinski definition) is 4. The predicted octanol–water partition coefficient (Wildman–Crippen LogP) is 6.02. The number of halogens is 1. The van der Waals surface area contributed by atoms with Crippen molar-refractivity contribution in [3.05, 3.63) is 94.5 Å². The van der Waals surface area contributed by atoms with Gasteiger partial charge in [0.25, 0.3) is 10.0 Å². The van der Waals surface area contributed by atoms with Gasteiger partial charge in [0.2, 0.25) is 11.8 Å². The molecular formula is C32H38ClN3O4S. The number of sulfonamides is 1. The molecule has 1 saturated carbocycles. The molecule has 1 atom stereocenters. The van der Waals surface area contributed by atoms with Crippen molar-refractivity contribution in [1.29, 1.82) is 0 Å². The standard InChI is InChI=1S/C32H38ClN3O4S/c1-4-30(32(38)34-27-12-5-6-13-27)35(21-25-11-7-9-23(2)19-25)31(37)22-36(28-14-8-10-24(3)20-28)41(39,40)29-17-15-26(33)16-18-29/h7-11,14-20,27,30H,4-6,12-13,21-22H2,1-3H3,(H,34,38)/t30-/m1/s1. The lowest BCUT2D eigenvalue weighted by molar-refractivity contribution is -0.140. The maximum atomic E-state index is 14.2. The van der Waals surface area contributed by atoms with Gasteiger partial charge in [0.05, 0.1) is 10.6 Å². The van der Waals surface area contributed by atoms with E-state index in [1.54, 1.807) is 18.2 Å². The molecule has 0 spiro atoms. The van der Waals surface area contributed by atoms with Gasteiger partial charge in [-0.2, -0.15) is 0 Å². The van der Waals surface area contributed by atoms with Gasteiger partial charge in [-0.3, -0.25) is 13.9 Å². The molecule has 1 fully saturated rings. The van der Waals surface area contributed by atoms with E-state index in [2.05, 4.69) is 5.32 Å². The van der Waals surface area contributed by atoms with E-state index in [1.165, 1.54) is 29.2 Å². The molecule has 1 aliphatic carbocycles. The van der Waals surface area contributed by atoms with Crippen LogP contribution in [-0.2, 0) is 26.2 Å². The Labute approximate surface area is 248 Å². The van der Waals surface area contributed by atoms with Gasteiger partial charge in [0, 0.05) is 17.6 Å². The Kier molecular flexibility index (Phi) is 10.1. The molecule has 7 nitrogen and oxygen atoms in total. The van der Waals surface area contributed by atoms with Crippen LogP contribution < -0.4 is 9.62 Å². The summed E-state index contributed by atoms with van der Waals surface area (Å²) in [4.78, 5) is 29.3. The SMILES string of the molecule is CC[C@H](C(=O)NC1CCCC1)N(Cc1cccc(C)c1)C(=O)CN(c1cccc(C)c1)S(=O)(=O)c1ccc(Cl)cc1. The normalized spacial score (nSPS) is 14.4. The third-order valence-electron chi connectivity index (χ3n) is 7.49. The van der Waals surface area contributed by atoms with Crippen molar-refractivity contribution in [3.8, 4) is 0 Å². The van der Waals surface area contributed by atoms with E-state index in [9.17, 15) is 18.0 Å². The van der Waals surface area contributed by atoms with Crippen LogP contribution in [0, 0.1) is 13.8 Å². The number of anilines is 1. The molecule has 4 rings (SSSR count). The lowest BCUT2D eigenvalue weighted by atomic mass is 10.1. The molecule has 3 aromatic carbocycles. The van der Waals surface area contributed by atoms with Crippen molar-refractivity contribution in [3.63, 3.8) is 0 Å². The van der Waals surface area contributed by atoms with E-state index >= 15 is 0 Å². The number of nitrogens with zero attached hydrogens (tertiary/aromatic N) is 2. The summed E-state index contributed by atoms with van der Waals surface area (Å²) in [5.41, 5.74) is 3.12. The van der Waals surface area contributed by atoms with Gasteiger partial charge in [0.15, 0.2) is 0 Å². The van der Waals surface area contributed by atoms with Crippen LogP contribution in [0.5, 0.6) is 0 Å². The molecule has 0 saturated heterocycles. The molecular weight excluding hydrogens is 558 g/mol. The predicted molar refractivity (Wildman–Crippen MR) is 163 cm³/mol. The van der Waals surface area contributed by atoms with Gasteiger partial charge in [-0.1, -0.05) is 73.3 Å². The van der Waals surface area contributed by atoms with E-state index in [4.69, 9.17) is 11.6 Å². The fraction of sp³-hybridized carbons (Fsp3) is 0.375. The van der Waals surface area contributed by atoms with Crippen molar-refractivity contribution >= 4 is 39.1 Å².